The van der Waals surface area contributed by atoms with Gasteiger partial charge in [-0.25, -0.2) is 0 Å². The van der Waals surface area contributed by atoms with E-state index in [0.29, 0.717) is 18.9 Å². The average molecular weight is 278 g/mol. The van der Waals surface area contributed by atoms with Gasteiger partial charge in [0.05, 0.1) is 6.10 Å². The molecule has 1 rings (SSSR count). The highest BCUT2D eigenvalue weighted by atomic mass is 16.3. The van der Waals surface area contributed by atoms with E-state index in [4.69, 9.17) is 0 Å². The van der Waals surface area contributed by atoms with E-state index in [1.807, 2.05) is 44.2 Å². The molecule has 2 amide bonds. The molecule has 0 radical (unpaired) electrons. The van der Waals surface area contributed by atoms with E-state index in [1.165, 1.54) is 0 Å². The lowest BCUT2D eigenvalue weighted by molar-refractivity contribution is -0.139. The molecule has 0 unspecified atom stereocenters. The van der Waals surface area contributed by atoms with Crippen molar-refractivity contribution in [2.45, 2.75) is 26.4 Å². The van der Waals surface area contributed by atoms with Crippen LogP contribution in [0.1, 0.15) is 31.9 Å². The van der Waals surface area contributed by atoms with E-state index in [0.717, 1.165) is 5.56 Å². The first-order chi connectivity index (χ1) is 9.50. The summed E-state index contributed by atoms with van der Waals surface area (Å²) in [6.45, 7) is 4.63. The number of benzene rings is 1. The lowest BCUT2D eigenvalue weighted by Gasteiger charge is -2.12. The summed E-state index contributed by atoms with van der Waals surface area (Å²) < 4.78 is 0. The zero-order valence-electron chi connectivity index (χ0n) is 11.9. The van der Waals surface area contributed by atoms with Gasteiger partial charge in [0, 0.05) is 13.1 Å². The second-order valence-electron chi connectivity index (χ2n) is 5.07. The van der Waals surface area contributed by atoms with Crippen LogP contribution in [0.2, 0.25) is 0 Å². The van der Waals surface area contributed by atoms with Crippen molar-refractivity contribution in [1.29, 1.82) is 0 Å². The Kier molecular flexibility index (Phi) is 6.73. The first-order valence-corrected chi connectivity index (χ1v) is 6.79. The molecule has 5 nitrogen and oxygen atoms in total. The van der Waals surface area contributed by atoms with Crippen LogP contribution in [-0.2, 0) is 9.59 Å². The largest absolute Gasteiger partial charge is 0.388 e. The van der Waals surface area contributed by atoms with Gasteiger partial charge < -0.3 is 15.7 Å². The van der Waals surface area contributed by atoms with Crippen molar-refractivity contribution in [2.75, 3.05) is 13.1 Å². The van der Waals surface area contributed by atoms with Crippen molar-refractivity contribution in [3.63, 3.8) is 0 Å². The summed E-state index contributed by atoms with van der Waals surface area (Å²) >= 11 is 0. The zero-order chi connectivity index (χ0) is 15.0. The van der Waals surface area contributed by atoms with Crippen LogP contribution in [0.3, 0.4) is 0 Å². The van der Waals surface area contributed by atoms with Crippen LogP contribution >= 0.6 is 0 Å². The molecule has 5 heteroatoms. The maximum Gasteiger partial charge on any atom is 0.309 e. The van der Waals surface area contributed by atoms with Crippen LogP contribution in [-0.4, -0.2) is 30.0 Å². The zero-order valence-corrected chi connectivity index (χ0v) is 11.9. The molecule has 0 saturated heterocycles. The molecule has 0 fully saturated rings. The lowest BCUT2D eigenvalue weighted by Crippen LogP contribution is -2.41. The van der Waals surface area contributed by atoms with Gasteiger partial charge in [-0.15, -0.1) is 0 Å². The highest BCUT2D eigenvalue weighted by Gasteiger charge is 2.14. The Bertz CT molecular complexity index is 432. The van der Waals surface area contributed by atoms with Gasteiger partial charge in [-0.1, -0.05) is 44.2 Å². The normalized spacial score (nSPS) is 12.0. The van der Waals surface area contributed by atoms with Crippen molar-refractivity contribution < 1.29 is 14.7 Å². The number of hydrogen-bond acceptors (Lipinski definition) is 3. The first-order valence-electron chi connectivity index (χ1n) is 6.79. The molecule has 110 valence electrons. The molecular weight excluding hydrogens is 256 g/mol. The van der Waals surface area contributed by atoms with Crippen molar-refractivity contribution in [2.24, 2.45) is 5.92 Å². The van der Waals surface area contributed by atoms with E-state index in [1.54, 1.807) is 0 Å². The molecule has 0 bridgehead atoms. The summed E-state index contributed by atoms with van der Waals surface area (Å²) in [7, 11) is 0. The lowest BCUT2D eigenvalue weighted by atomic mass is 10.1. The van der Waals surface area contributed by atoms with Gasteiger partial charge in [0.2, 0.25) is 0 Å². The van der Waals surface area contributed by atoms with E-state index in [-0.39, 0.29) is 6.54 Å². The Hall–Kier alpha value is -1.88. The monoisotopic (exact) mass is 278 g/mol. The molecular formula is C15H22N2O3. The number of aliphatic hydroxyl groups excluding tert-OH is 1. The Balaban J connectivity index is 2.26. The minimum Gasteiger partial charge on any atom is -0.388 e. The molecule has 0 spiro atoms. The topological polar surface area (TPSA) is 78.4 Å². The number of carbonyl (C=O) groups excluding carboxylic acids is 2. The van der Waals surface area contributed by atoms with Gasteiger partial charge in [-0.05, 0) is 17.9 Å². The maximum atomic E-state index is 11.5. The number of amides is 2. The average Bonchev–Trinajstić information content (AvgIpc) is 2.45. The molecule has 1 aromatic carbocycles. The molecule has 0 heterocycles. The Morgan fingerprint density at radius 3 is 2.30 bits per heavy atom. The quantitative estimate of drug-likeness (QED) is 0.679. The molecule has 0 aliphatic carbocycles. The fourth-order valence-electron chi connectivity index (χ4n) is 1.62. The van der Waals surface area contributed by atoms with Crippen molar-refractivity contribution in [1.82, 2.24) is 10.6 Å². The van der Waals surface area contributed by atoms with E-state index >= 15 is 0 Å². The van der Waals surface area contributed by atoms with Crippen LogP contribution in [0, 0.1) is 5.92 Å². The fraction of sp³-hybridized carbons (Fsp3) is 0.467. The number of nitrogens with one attached hydrogen (secondary N) is 2. The Labute approximate surface area is 119 Å². The molecule has 1 aromatic rings. The van der Waals surface area contributed by atoms with Crippen LogP contribution in [0.5, 0.6) is 0 Å². The molecule has 1 atom stereocenters. The van der Waals surface area contributed by atoms with Gasteiger partial charge in [0.25, 0.3) is 0 Å². The smallest absolute Gasteiger partial charge is 0.309 e. The molecule has 0 saturated carbocycles. The number of rotatable bonds is 6. The van der Waals surface area contributed by atoms with Gasteiger partial charge in [0.1, 0.15) is 0 Å². The van der Waals surface area contributed by atoms with Gasteiger partial charge >= 0.3 is 11.8 Å². The third kappa shape index (κ3) is 5.84. The summed E-state index contributed by atoms with van der Waals surface area (Å²) in [5.41, 5.74) is 0.797. The van der Waals surface area contributed by atoms with Crippen molar-refractivity contribution >= 4 is 11.8 Å². The van der Waals surface area contributed by atoms with Crippen LogP contribution < -0.4 is 10.6 Å². The third-order valence-corrected chi connectivity index (χ3v) is 2.76. The van der Waals surface area contributed by atoms with E-state index in [2.05, 4.69) is 10.6 Å². The molecule has 3 N–H and O–H groups in total. The predicted octanol–water partition coefficient (Wildman–Crippen LogP) is 0.998. The Morgan fingerprint density at radius 1 is 1.10 bits per heavy atom. The molecule has 0 aromatic heterocycles. The summed E-state index contributed by atoms with van der Waals surface area (Å²) in [6, 6.07) is 9.20. The summed E-state index contributed by atoms with van der Waals surface area (Å²) in [6.07, 6.45) is -0.275. The summed E-state index contributed by atoms with van der Waals surface area (Å²) in [4.78, 5) is 22.9. The van der Waals surface area contributed by atoms with Gasteiger partial charge in [-0.3, -0.25) is 9.59 Å². The first kappa shape index (κ1) is 16.2. The standard InChI is InChI=1S/C15H22N2O3/c1-11(2)10-17-15(20)14(19)16-9-8-13(18)12-6-4-3-5-7-12/h3-7,11,13,18H,8-10H2,1-2H3,(H,16,19)(H,17,20)/t13-/m0/s1. The predicted molar refractivity (Wildman–Crippen MR) is 76.9 cm³/mol. The molecule has 0 aliphatic rings. The third-order valence-electron chi connectivity index (χ3n) is 2.76. The molecule has 20 heavy (non-hydrogen) atoms. The van der Waals surface area contributed by atoms with Gasteiger partial charge in [-0.2, -0.15) is 0 Å². The number of carbonyl (C=O) groups is 2. The van der Waals surface area contributed by atoms with Crippen LogP contribution in [0.25, 0.3) is 0 Å². The summed E-state index contributed by atoms with van der Waals surface area (Å²) in [5.74, 6) is -0.995. The number of aliphatic hydroxyl groups is 1. The van der Waals surface area contributed by atoms with Crippen molar-refractivity contribution in [3.05, 3.63) is 35.9 Å². The maximum absolute atomic E-state index is 11.5. The highest BCUT2D eigenvalue weighted by Crippen LogP contribution is 2.14. The minimum absolute atomic E-state index is 0.254. The number of hydrogen-bond donors (Lipinski definition) is 3. The van der Waals surface area contributed by atoms with Crippen LogP contribution in [0.15, 0.2) is 30.3 Å². The second-order valence-corrected chi connectivity index (χ2v) is 5.07. The second kappa shape index (κ2) is 8.32. The SMILES string of the molecule is CC(C)CNC(=O)C(=O)NCC[C@H](O)c1ccccc1. The van der Waals surface area contributed by atoms with Crippen molar-refractivity contribution in [3.8, 4) is 0 Å². The molecule has 0 aliphatic heterocycles. The highest BCUT2D eigenvalue weighted by molar-refractivity contribution is 6.35. The minimum atomic E-state index is -0.661. The van der Waals surface area contributed by atoms with Crippen LogP contribution in [0.4, 0.5) is 0 Å². The Morgan fingerprint density at radius 2 is 1.70 bits per heavy atom. The summed E-state index contributed by atoms with van der Waals surface area (Å²) in [5, 5.41) is 14.9. The van der Waals surface area contributed by atoms with E-state index in [9.17, 15) is 14.7 Å². The van der Waals surface area contributed by atoms with Gasteiger partial charge in [0.15, 0.2) is 0 Å². The van der Waals surface area contributed by atoms with E-state index < -0.39 is 17.9 Å². The fourth-order valence-corrected chi connectivity index (χ4v) is 1.62.